The third-order valence-electron chi connectivity index (χ3n) is 12.7. The molecule has 0 spiro atoms. The molecule has 0 saturated heterocycles. The zero-order chi connectivity index (χ0) is 40.2. The minimum Gasteiger partial charge on any atom is -0.507 e. The summed E-state index contributed by atoms with van der Waals surface area (Å²) in [7, 11) is 0. The molecule has 0 aliphatic heterocycles. The van der Waals surface area contributed by atoms with Crippen LogP contribution in [0.15, 0.2) is 146 Å². The smallest absolute Gasteiger partial charge is 0.145 e. The second kappa shape index (κ2) is 15.0. The molecule has 3 aromatic heterocycles. The van der Waals surface area contributed by atoms with E-state index in [4.69, 9.17) is 19.9 Å². The molecule has 2 aliphatic rings. The van der Waals surface area contributed by atoms with Crippen molar-refractivity contribution in [1.82, 2.24) is 29.1 Å². The van der Waals surface area contributed by atoms with E-state index in [9.17, 15) is 10.2 Å². The Morgan fingerprint density at radius 3 is 1.27 bits per heavy atom. The molecule has 60 heavy (non-hydrogen) atoms. The van der Waals surface area contributed by atoms with Gasteiger partial charge < -0.3 is 19.3 Å². The van der Waals surface area contributed by atoms with E-state index < -0.39 is 0 Å². The van der Waals surface area contributed by atoms with Gasteiger partial charge in [0, 0.05) is 34.3 Å². The van der Waals surface area contributed by atoms with Crippen LogP contribution in [0.4, 0.5) is 0 Å². The summed E-state index contributed by atoms with van der Waals surface area (Å²) in [5.74, 6) is 2.11. The quantitative estimate of drug-likeness (QED) is 0.159. The highest BCUT2D eigenvalue weighted by Gasteiger charge is 2.27. The predicted octanol–water partition coefficient (Wildman–Crippen LogP) is 12.8. The predicted molar refractivity (Wildman–Crippen MR) is 240 cm³/mol. The lowest BCUT2D eigenvalue weighted by Gasteiger charge is -2.17. The number of phenols is 2. The number of phenolic OH excluding ortho intramolecular Hbond substituents is 2. The van der Waals surface area contributed by atoms with Crippen LogP contribution in [-0.2, 0) is 0 Å². The van der Waals surface area contributed by atoms with Crippen molar-refractivity contribution in [3.05, 3.63) is 146 Å². The number of aromatic nitrogens is 6. The fraction of sp³-hybridized carbons (Fsp3) is 0.192. The molecule has 0 unspecified atom stereocenters. The largest absolute Gasteiger partial charge is 0.507 e. The Morgan fingerprint density at radius 1 is 0.417 bits per heavy atom. The van der Waals surface area contributed by atoms with Crippen molar-refractivity contribution >= 4 is 22.1 Å². The van der Waals surface area contributed by atoms with E-state index in [1.54, 1.807) is 18.5 Å². The highest BCUT2D eigenvalue weighted by molar-refractivity contribution is 5.97. The first-order valence-electron chi connectivity index (χ1n) is 21.2. The fourth-order valence-corrected chi connectivity index (χ4v) is 9.83. The first-order valence-corrected chi connectivity index (χ1v) is 21.2. The van der Waals surface area contributed by atoms with Gasteiger partial charge in [-0.2, -0.15) is 0 Å². The Balaban J connectivity index is 0.965. The SMILES string of the molecule is Oc1ccccc1-c1nc2c(-c3cccc(-c4cc(-c5cccc(-c6cccc7c6nc(-c6ccccc6O)n7C6CCCC6)c5)ncn4)c3)cccc2n1C1CCCC1. The van der Waals surface area contributed by atoms with E-state index in [1.807, 2.05) is 36.4 Å². The molecule has 8 nitrogen and oxygen atoms in total. The summed E-state index contributed by atoms with van der Waals surface area (Å²) in [5, 5.41) is 21.9. The zero-order valence-electron chi connectivity index (χ0n) is 33.2. The van der Waals surface area contributed by atoms with Gasteiger partial charge in [0.15, 0.2) is 0 Å². The maximum absolute atomic E-state index is 10.9. The van der Waals surface area contributed by atoms with Crippen LogP contribution in [-0.4, -0.2) is 39.3 Å². The highest BCUT2D eigenvalue weighted by Crippen LogP contribution is 2.44. The van der Waals surface area contributed by atoms with Gasteiger partial charge in [0.25, 0.3) is 0 Å². The third kappa shape index (κ3) is 6.22. The van der Waals surface area contributed by atoms with Gasteiger partial charge >= 0.3 is 0 Å². The minimum absolute atomic E-state index is 0.242. The summed E-state index contributed by atoms with van der Waals surface area (Å²) < 4.78 is 4.73. The van der Waals surface area contributed by atoms with Gasteiger partial charge in [-0.25, -0.2) is 19.9 Å². The molecule has 9 aromatic rings. The van der Waals surface area contributed by atoms with Crippen LogP contribution >= 0.6 is 0 Å². The number of hydrogen-bond acceptors (Lipinski definition) is 6. The maximum Gasteiger partial charge on any atom is 0.145 e. The van der Waals surface area contributed by atoms with Gasteiger partial charge in [-0.3, -0.25) is 0 Å². The van der Waals surface area contributed by atoms with Crippen LogP contribution in [0.25, 0.3) is 89.6 Å². The highest BCUT2D eigenvalue weighted by atomic mass is 16.3. The summed E-state index contributed by atoms with van der Waals surface area (Å²) in [4.78, 5) is 20.1. The molecule has 2 N–H and O–H groups in total. The number of benzene rings is 6. The van der Waals surface area contributed by atoms with E-state index in [0.717, 1.165) is 115 Å². The van der Waals surface area contributed by atoms with Gasteiger partial charge in [-0.15, -0.1) is 0 Å². The van der Waals surface area contributed by atoms with E-state index >= 15 is 0 Å². The molecule has 294 valence electrons. The fourth-order valence-electron chi connectivity index (χ4n) is 9.83. The van der Waals surface area contributed by atoms with Gasteiger partial charge in [0.05, 0.1) is 44.6 Å². The van der Waals surface area contributed by atoms with Crippen LogP contribution in [0.3, 0.4) is 0 Å². The Hall–Kier alpha value is -7.06. The van der Waals surface area contributed by atoms with Gasteiger partial charge in [-0.05, 0) is 91.4 Å². The van der Waals surface area contributed by atoms with E-state index in [0.29, 0.717) is 12.1 Å². The first-order chi connectivity index (χ1) is 29.6. The molecule has 0 atom stereocenters. The molecule has 2 fully saturated rings. The summed E-state index contributed by atoms with van der Waals surface area (Å²) in [6.07, 6.45) is 10.8. The van der Waals surface area contributed by atoms with Crippen molar-refractivity contribution in [3.63, 3.8) is 0 Å². The summed E-state index contributed by atoms with van der Waals surface area (Å²) in [5.41, 5.74) is 13.3. The van der Waals surface area contributed by atoms with Crippen LogP contribution in [0.2, 0.25) is 0 Å². The monoisotopic (exact) mass is 784 g/mol. The number of fused-ring (bicyclic) bond motifs is 2. The summed E-state index contributed by atoms with van der Waals surface area (Å²) in [6.45, 7) is 0. The number of rotatable bonds is 8. The van der Waals surface area contributed by atoms with Crippen LogP contribution in [0.1, 0.15) is 63.5 Å². The third-order valence-corrected chi connectivity index (χ3v) is 12.7. The maximum atomic E-state index is 10.9. The van der Waals surface area contributed by atoms with Crippen molar-refractivity contribution in [2.24, 2.45) is 0 Å². The van der Waals surface area contributed by atoms with Crippen LogP contribution < -0.4 is 0 Å². The van der Waals surface area contributed by atoms with E-state index in [2.05, 4.69) is 100 Å². The number of hydrogen-bond donors (Lipinski definition) is 2. The number of para-hydroxylation sites is 4. The van der Waals surface area contributed by atoms with Crippen molar-refractivity contribution in [2.75, 3.05) is 0 Å². The minimum atomic E-state index is 0.242. The lowest BCUT2D eigenvalue weighted by atomic mass is 9.98. The molecule has 0 radical (unpaired) electrons. The average Bonchev–Trinajstić information content (AvgIpc) is 4.13. The lowest BCUT2D eigenvalue weighted by molar-refractivity contribution is 0.474. The van der Waals surface area contributed by atoms with Crippen molar-refractivity contribution in [2.45, 2.75) is 63.5 Å². The Labute approximate surface area is 348 Å². The molecule has 8 heteroatoms. The van der Waals surface area contributed by atoms with E-state index in [-0.39, 0.29) is 11.5 Å². The molecule has 3 heterocycles. The number of aromatic hydroxyl groups is 2. The molecule has 2 aliphatic carbocycles. The lowest BCUT2D eigenvalue weighted by Crippen LogP contribution is -2.06. The van der Waals surface area contributed by atoms with Gasteiger partial charge in [0.1, 0.15) is 29.5 Å². The standard InChI is InChI=1S/C52H44N6O2/c59-47-27-7-5-21-41(47)51-55-49-39(23-11-25-45(49)57(51)37-17-1-2-18-37)33-13-9-15-35(29-33)43-31-44(54-32-53-43)36-16-10-14-34(30-36)40-24-12-26-46-50(40)56-52(42-22-6-8-28-48(42)60)58(46)38-19-3-4-20-38/h5-16,21-32,37-38,59-60H,1-4,17-20H2. The molecule has 2 saturated carbocycles. The normalized spacial score (nSPS) is 14.8. The Morgan fingerprint density at radius 2 is 0.817 bits per heavy atom. The molecule has 0 bridgehead atoms. The molecule has 6 aromatic carbocycles. The Bertz CT molecular complexity index is 2860. The van der Waals surface area contributed by atoms with Crippen molar-refractivity contribution < 1.29 is 10.2 Å². The summed E-state index contributed by atoms with van der Waals surface area (Å²) >= 11 is 0. The van der Waals surface area contributed by atoms with E-state index in [1.165, 1.54) is 25.7 Å². The molecular formula is C52H44N6O2. The molecular weight excluding hydrogens is 741 g/mol. The number of imidazole rings is 2. The van der Waals surface area contributed by atoms with Crippen molar-refractivity contribution in [3.8, 4) is 79.0 Å². The molecule has 11 rings (SSSR count). The van der Waals surface area contributed by atoms with Crippen molar-refractivity contribution in [1.29, 1.82) is 0 Å². The average molecular weight is 785 g/mol. The number of nitrogens with zero attached hydrogens (tertiary/aromatic N) is 6. The van der Waals surface area contributed by atoms with Gasteiger partial charge in [0.2, 0.25) is 0 Å². The Kier molecular flexibility index (Phi) is 8.98. The summed E-state index contributed by atoms with van der Waals surface area (Å²) in [6, 6.07) is 47.7. The first kappa shape index (κ1) is 36.1. The molecule has 0 amide bonds. The van der Waals surface area contributed by atoms with Gasteiger partial charge in [-0.1, -0.05) is 111 Å². The van der Waals surface area contributed by atoms with Crippen LogP contribution in [0, 0.1) is 0 Å². The zero-order valence-corrected chi connectivity index (χ0v) is 33.2. The second-order valence-electron chi connectivity index (χ2n) is 16.3. The second-order valence-corrected chi connectivity index (χ2v) is 16.3. The topological polar surface area (TPSA) is 102 Å². The van der Waals surface area contributed by atoms with Crippen LogP contribution in [0.5, 0.6) is 11.5 Å².